The number of nitrogens with one attached hydrogen (secondary N) is 1. The van der Waals surface area contributed by atoms with Crippen LogP contribution < -0.4 is 5.32 Å². The molecule has 2 aromatic heterocycles. The molecule has 0 spiro atoms. The molecule has 4 rings (SSSR count). The number of rotatable bonds is 5. The predicted octanol–water partition coefficient (Wildman–Crippen LogP) is 5.23. The van der Waals surface area contributed by atoms with E-state index in [1.165, 1.54) is 18.5 Å². The predicted molar refractivity (Wildman–Crippen MR) is 121 cm³/mol. The second-order valence-electron chi connectivity index (χ2n) is 7.12. The first-order valence-corrected chi connectivity index (χ1v) is 10.1. The summed E-state index contributed by atoms with van der Waals surface area (Å²) in [6, 6.07) is 12.7. The molecule has 0 atom stereocenters. The molecule has 2 N–H and O–H groups in total. The number of fused-ring (bicyclic) bond motifs is 1. The van der Waals surface area contributed by atoms with E-state index in [4.69, 9.17) is 23.2 Å². The van der Waals surface area contributed by atoms with Gasteiger partial charge in [0.05, 0.1) is 21.3 Å². The number of carbonyl (C=O) groups excluding carboxylic acids is 2. The fourth-order valence-corrected chi connectivity index (χ4v) is 3.77. The van der Waals surface area contributed by atoms with Crippen molar-refractivity contribution in [2.24, 2.45) is 0 Å². The van der Waals surface area contributed by atoms with Crippen LogP contribution in [0.15, 0.2) is 61.1 Å². The number of carbonyl (C=O) groups is 2. The highest BCUT2D eigenvalue weighted by Crippen LogP contribution is 2.30. The monoisotopic (exact) mass is 453 g/mol. The molecule has 31 heavy (non-hydrogen) atoms. The molecule has 0 fully saturated rings. The fourth-order valence-electron chi connectivity index (χ4n) is 3.31. The van der Waals surface area contributed by atoms with E-state index in [0.29, 0.717) is 11.9 Å². The van der Waals surface area contributed by atoms with Crippen molar-refractivity contribution in [1.82, 2.24) is 9.55 Å². The molecule has 1 amide bonds. The van der Waals surface area contributed by atoms with Gasteiger partial charge in [0.1, 0.15) is 5.75 Å². The number of anilines is 1. The minimum Gasteiger partial charge on any atom is -0.508 e. The molecule has 0 aliphatic carbocycles. The van der Waals surface area contributed by atoms with Gasteiger partial charge in [-0.3, -0.25) is 14.6 Å². The number of phenols is 1. The highest BCUT2D eigenvalue weighted by molar-refractivity contribution is 6.50. The Morgan fingerprint density at radius 3 is 2.42 bits per heavy atom. The Kier molecular flexibility index (Phi) is 5.67. The zero-order chi connectivity index (χ0) is 22.1. The van der Waals surface area contributed by atoms with Gasteiger partial charge in [-0.25, -0.2) is 0 Å². The smallest absolute Gasteiger partial charge is 0.296 e. The summed E-state index contributed by atoms with van der Waals surface area (Å²) in [5, 5.41) is 13.1. The molecule has 0 unspecified atom stereocenters. The van der Waals surface area contributed by atoms with Gasteiger partial charge in [0.25, 0.3) is 11.7 Å². The molecule has 4 aromatic rings. The quantitative estimate of drug-likeness (QED) is 0.320. The van der Waals surface area contributed by atoms with Crippen LogP contribution in [0.5, 0.6) is 5.75 Å². The minimum absolute atomic E-state index is 0.00438. The van der Waals surface area contributed by atoms with Gasteiger partial charge in [0.15, 0.2) is 0 Å². The number of halogens is 2. The molecule has 156 valence electrons. The van der Waals surface area contributed by atoms with Crippen LogP contribution in [0.2, 0.25) is 10.0 Å². The average Bonchev–Trinajstić information content (AvgIpc) is 3.09. The number of Topliss-reactive ketones (excluding diaryl/α,β-unsaturated/α-hetero) is 1. The van der Waals surface area contributed by atoms with E-state index in [-0.39, 0.29) is 27.0 Å². The summed E-state index contributed by atoms with van der Waals surface area (Å²) in [4.78, 5) is 29.5. The van der Waals surface area contributed by atoms with Crippen molar-refractivity contribution in [3.8, 4) is 5.75 Å². The Balaban J connectivity index is 1.71. The SMILES string of the molecule is Cc1ccc(Cn2cc(C(=O)C(=O)Nc3c(Cl)cncc3Cl)c3cc(O)ccc32)cc1. The third-order valence-electron chi connectivity index (χ3n) is 4.88. The lowest BCUT2D eigenvalue weighted by atomic mass is 10.1. The average molecular weight is 454 g/mol. The van der Waals surface area contributed by atoms with Gasteiger partial charge in [-0.15, -0.1) is 0 Å². The van der Waals surface area contributed by atoms with Gasteiger partial charge in [-0.2, -0.15) is 0 Å². The lowest BCUT2D eigenvalue weighted by Gasteiger charge is -2.07. The van der Waals surface area contributed by atoms with E-state index in [0.717, 1.165) is 16.6 Å². The molecule has 8 heteroatoms. The van der Waals surface area contributed by atoms with Crippen LogP contribution in [0, 0.1) is 6.92 Å². The second kappa shape index (κ2) is 8.41. The molecule has 0 bridgehead atoms. The summed E-state index contributed by atoms with van der Waals surface area (Å²) < 4.78 is 1.87. The third-order valence-corrected chi connectivity index (χ3v) is 5.45. The lowest BCUT2D eigenvalue weighted by molar-refractivity contribution is -0.112. The molecule has 0 aliphatic heterocycles. The van der Waals surface area contributed by atoms with Crippen molar-refractivity contribution >= 4 is 51.5 Å². The van der Waals surface area contributed by atoms with E-state index >= 15 is 0 Å². The molecule has 0 saturated carbocycles. The van der Waals surface area contributed by atoms with Gasteiger partial charge in [-0.1, -0.05) is 53.0 Å². The zero-order valence-electron chi connectivity index (χ0n) is 16.4. The van der Waals surface area contributed by atoms with Crippen LogP contribution in [0.1, 0.15) is 21.5 Å². The third kappa shape index (κ3) is 4.26. The van der Waals surface area contributed by atoms with Gasteiger partial charge in [-0.05, 0) is 30.7 Å². The number of phenolic OH excluding ortho intramolecular Hbond substituents is 1. The number of aromatic nitrogens is 2. The second-order valence-corrected chi connectivity index (χ2v) is 7.93. The summed E-state index contributed by atoms with van der Waals surface area (Å²) in [7, 11) is 0. The van der Waals surface area contributed by atoms with Crippen LogP contribution in [-0.4, -0.2) is 26.3 Å². The lowest BCUT2D eigenvalue weighted by Crippen LogP contribution is -2.23. The summed E-state index contributed by atoms with van der Waals surface area (Å²) in [5.74, 6) is -1.68. The van der Waals surface area contributed by atoms with Crippen LogP contribution >= 0.6 is 23.2 Å². The van der Waals surface area contributed by atoms with Crippen LogP contribution in [0.4, 0.5) is 5.69 Å². The summed E-state index contributed by atoms with van der Waals surface area (Å²) in [6.45, 7) is 2.51. The van der Waals surface area contributed by atoms with Crippen molar-refractivity contribution in [3.63, 3.8) is 0 Å². The summed E-state index contributed by atoms with van der Waals surface area (Å²) >= 11 is 12.1. The number of aryl methyl sites for hydroxylation is 1. The Morgan fingerprint density at radius 2 is 1.74 bits per heavy atom. The Hall–Kier alpha value is -3.35. The number of amides is 1. The van der Waals surface area contributed by atoms with E-state index in [9.17, 15) is 14.7 Å². The standard InChI is InChI=1S/C23H17Cl2N3O3/c1-13-2-4-14(5-3-13)11-28-12-17(16-8-15(29)6-7-20(16)28)22(30)23(31)27-21-18(24)9-26-10-19(21)25/h2-10,12,29H,11H2,1H3,(H,26,27,31). The van der Waals surface area contributed by atoms with Gasteiger partial charge in [0, 0.05) is 36.0 Å². The molecule has 6 nitrogen and oxygen atoms in total. The summed E-state index contributed by atoms with van der Waals surface area (Å²) in [5.41, 5.74) is 3.18. The van der Waals surface area contributed by atoms with Crippen LogP contribution in [0.3, 0.4) is 0 Å². The Morgan fingerprint density at radius 1 is 1.06 bits per heavy atom. The Bertz CT molecular complexity index is 1290. The normalized spacial score (nSPS) is 10.9. The van der Waals surface area contributed by atoms with E-state index in [1.807, 2.05) is 35.8 Å². The van der Waals surface area contributed by atoms with Crippen molar-refractivity contribution in [2.75, 3.05) is 5.32 Å². The molecular formula is C23H17Cl2N3O3. The first-order valence-electron chi connectivity index (χ1n) is 9.35. The minimum atomic E-state index is -0.896. The number of hydrogen-bond donors (Lipinski definition) is 2. The number of nitrogens with zero attached hydrogens (tertiary/aromatic N) is 2. The van der Waals surface area contributed by atoms with Crippen molar-refractivity contribution in [1.29, 1.82) is 0 Å². The maximum atomic E-state index is 13.0. The number of ketones is 1. The van der Waals surface area contributed by atoms with Crippen molar-refractivity contribution < 1.29 is 14.7 Å². The van der Waals surface area contributed by atoms with Crippen molar-refractivity contribution in [3.05, 3.63) is 87.8 Å². The Labute approximate surface area is 188 Å². The fraction of sp³-hybridized carbons (Fsp3) is 0.0870. The first-order chi connectivity index (χ1) is 14.8. The molecule has 2 aromatic carbocycles. The highest BCUT2D eigenvalue weighted by Gasteiger charge is 2.23. The van der Waals surface area contributed by atoms with E-state index in [1.54, 1.807) is 18.3 Å². The highest BCUT2D eigenvalue weighted by atomic mass is 35.5. The zero-order valence-corrected chi connectivity index (χ0v) is 17.9. The van der Waals surface area contributed by atoms with Crippen molar-refractivity contribution in [2.45, 2.75) is 13.5 Å². The largest absolute Gasteiger partial charge is 0.508 e. The van der Waals surface area contributed by atoms with Crippen LogP contribution in [-0.2, 0) is 11.3 Å². The van der Waals surface area contributed by atoms with E-state index < -0.39 is 11.7 Å². The first kappa shape index (κ1) is 20.9. The molecular weight excluding hydrogens is 437 g/mol. The molecule has 0 saturated heterocycles. The summed E-state index contributed by atoms with van der Waals surface area (Å²) in [6.07, 6.45) is 4.25. The van der Waals surface area contributed by atoms with Gasteiger partial charge >= 0.3 is 0 Å². The number of pyridine rings is 1. The number of hydrogen-bond acceptors (Lipinski definition) is 4. The van der Waals surface area contributed by atoms with Gasteiger partial charge < -0.3 is 15.0 Å². The number of benzene rings is 2. The maximum Gasteiger partial charge on any atom is 0.296 e. The molecule has 2 heterocycles. The maximum absolute atomic E-state index is 13.0. The topological polar surface area (TPSA) is 84.2 Å². The number of aromatic hydroxyl groups is 1. The molecule has 0 radical (unpaired) electrons. The van der Waals surface area contributed by atoms with E-state index in [2.05, 4.69) is 10.3 Å². The van der Waals surface area contributed by atoms with Gasteiger partial charge in [0.2, 0.25) is 0 Å². The van der Waals surface area contributed by atoms with Crippen LogP contribution in [0.25, 0.3) is 10.9 Å². The molecule has 0 aliphatic rings.